The second kappa shape index (κ2) is 4.54. The molecule has 0 radical (unpaired) electrons. The zero-order valence-electron chi connectivity index (χ0n) is 10.4. The molecule has 2 fully saturated rings. The Morgan fingerprint density at radius 1 is 1.26 bits per heavy atom. The molecule has 0 amide bonds. The van der Waals surface area contributed by atoms with Crippen molar-refractivity contribution in [1.29, 1.82) is 0 Å². The summed E-state index contributed by atoms with van der Waals surface area (Å²) in [7, 11) is -3.64. The van der Waals surface area contributed by atoms with Crippen molar-refractivity contribution in [3.8, 4) is 0 Å². The predicted octanol–water partition coefficient (Wildman–Crippen LogP) is 1.22. The van der Waals surface area contributed by atoms with Gasteiger partial charge in [0.05, 0.1) is 11.0 Å². The summed E-state index contributed by atoms with van der Waals surface area (Å²) < 4.78 is 39.3. The van der Waals surface area contributed by atoms with Gasteiger partial charge in [-0.2, -0.15) is 4.31 Å². The zero-order valence-corrected chi connectivity index (χ0v) is 11.2. The highest BCUT2D eigenvalue weighted by molar-refractivity contribution is 7.89. The first-order valence-electron chi connectivity index (χ1n) is 6.42. The summed E-state index contributed by atoms with van der Waals surface area (Å²) in [4.78, 5) is -0.0121. The second-order valence-corrected chi connectivity index (χ2v) is 7.29. The summed E-state index contributed by atoms with van der Waals surface area (Å²) in [5, 5.41) is 9.82. The second-order valence-electron chi connectivity index (χ2n) is 5.35. The number of aliphatic hydroxyl groups is 1. The minimum atomic E-state index is -3.64. The Labute approximate surface area is 111 Å². The molecule has 0 bridgehead atoms. The minimum Gasteiger partial charge on any atom is -0.393 e. The van der Waals surface area contributed by atoms with Gasteiger partial charge >= 0.3 is 0 Å². The van der Waals surface area contributed by atoms with Crippen LogP contribution in [0.5, 0.6) is 0 Å². The molecule has 1 aliphatic heterocycles. The average molecular weight is 285 g/mol. The van der Waals surface area contributed by atoms with E-state index in [1.165, 1.54) is 22.5 Å². The van der Waals surface area contributed by atoms with Crippen LogP contribution in [0.15, 0.2) is 29.2 Å². The molecule has 1 aliphatic carbocycles. The van der Waals surface area contributed by atoms with Gasteiger partial charge in [-0.05, 0) is 37.0 Å². The van der Waals surface area contributed by atoms with Gasteiger partial charge in [0.1, 0.15) is 5.82 Å². The van der Waals surface area contributed by atoms with Gasteiger partial charge in [0.25, 0.3) is 0 Å². The van der Waals surface area contributed by atoms with Crippen molar-refractivity contribution in [2.75, 3.05) is 13.1 Å². The van der Waals surface area contributed by atoms with E-state index in [0.29, 0.717) is 13.1 Å². The van der Waals surface area contributed by atoms with Gasteiger partial charge in [0.15, 0.2) is 0 Å². The van der Waals surface area contributed by atoms with Crippen molar-refractivity contribution in [1.82, 2.24) is 4.31 Å². The first-order valence-corrected chi connectivity index (χ1v) is 7.86. The number of fused-ring (bicyclic) bond motifs is 1. The molecule has 1 saturated heterocycles. The van der Waals surface area contributed by atoms with E-state index in [2.05, 4.69) is 0 Å². The van der Waals surface area contributed by atoms with Crippen LogP contribution >= 0.6 is 0 Å². The molecule has 1 aromatic rings. The van der Waals surface area contributed by atoms with E-state index in [0.717, 1.165) is 18.9 Å². The Morgan fingerprint density at radius 3 is 2.74 bits per heavy atom. The minimum absolute atomic E-state index is 0.0121. The molecule has 4 nitrogen and oxygen atoms in total. The van der Waals surface area contributed by atoms with Crippen molar-refractivity contribution in [3.05, 3.63) is 30.1 Å². The van der Waals surface area contributed by atoms with Crippen LogP contribution in [0.25, 0.3) is 0 Å². The lowest BCUT2D eigenvalue weighted by molar-refractivity contribution is 0.129. The first-order chi connectivity index (χ1) is 8.98. The van der Waals surface area contributed by atoms with Crippen LogP contribution in [0.3, 0.4) is 0 Å². The molecule has 1 heterocycles. The van der Waals surface area contributed by atoms with Gasteiger partial charge < -0.3 is 5.11 Å². The van der Waals surface area contributed by atoms with Crippen LogP contribution in [0.1, 0.15) is 12.8 Å². The smallest absolute Gasteiger partial charge is 0.243 e. The highest BCUT2D eigenvalue weighted by atomic mass is 32.2. The van der Waals surface area contributed by atoms with Crippen molar-refractivity contribution in [3.63, 3.8) is 0 Å². The third kappa shape index (κ3) is 2.17. The number of hydrogen-bond acceptors (Lipinski definition) is 3. The molecule has 1 N–H and O–H groups in total. The Bertz CT molecular complexity index is 589. The zero-order chi connectivity index (χ0) is 13.6. The lowest BCUT2D eigenvalue weighted by atomic mass is 10.00. The summed E-state index contributed by atoms with van der Waals surface area (Å²) in [5.41, 5.74) is 0. The molecule has 6 heteroatoms. The normalized spacial score (nSPS) is 31.6. The number of halogens is 1. The molecule has 2 aliphatic rings. The maximum Gasteiger partial charge on any atom is 0.243 e. The monoisotopic (exact) mass is 285 g/mol. The summed E-state index contributed by atoms with van der Waals surface area (Å²) in [6, 6.07) is 5.07. The average Bonchev–Trinajstić information content (AvgIpc) is 2.92. The van der Waals surface area contributed by atoms with Crippen molar-refractivity contribution >= 4 is 10.0 Å². The third-order valence-electron chi connectivity index (χ3n) is 4.22. The number of benzene rings is 1. The topological polar surface area (TPSA) is 57.6 Å². The molecule has 3 rings (SSSR count). The van der Waals surface area contributed by atoms with Gasteiger partial charge in [-0.3, -0.25) is 0 Å². The number of sulfonamides is 1. The summed E-state index contributed by atoms with van der Waals surface area (Å²) >= 11 is 0. The van der Waals surface area contributed by atoms with E-state index in [1.807, 2.05) is 0 Å². The van der Waals surface area contributed by atoms with Gasteiger partial charge in [0, 0.05) is 19.0 Å². The van der Waals surface area contributed by atoms with Gasteiger partial charge in [0.2, 0.25) is 10.0 Å². The van der Waals surface area contributed by atoms with Crippen LogP contribution in [0, 0.1) is 17.7 Å². The number of nitrogens with zero attached hydrogens (tertiary/aromatic N) is 1. The Morgan fingerprint density at radius 2 is 2.05 bits per heavy atom. The van der Waals surface area contributed by atoms with E-state index >= 15 is 0 Å². The SMILES string of the molecule is O=S(=O)(c1cccc(F)c1)N1CC2CCC(O)C2C1. The van der Waals surface area contributed by atoms with Crippen LogP contribution in [-0.4, -0.2) is 37.0 Å². The quantitative estimate of drug-likeness (QED) is 0.889. The summed E-state index contributed by atoms with van der Waals surface area (Å²) in [6.07, 6.45) is 1.21. The van der Waals surface area contributed by atoms with Gasteiger partial charge in [-0.15, -0.1) is 0 Å². The fourth-order valence-electron chi connectivity index (χ4n) is 3.17. The number of aliphatic hydroxyl groups excluding tert-OH is 1. The number of hydrogen-bond donors (Lipinski definition) is 1. The van der Waals surface area contributed by atoms with Gasteiger partial charge in [-0.1, -0.05) is 6.07 Å². The summed E-state index contributed by atoms with van der Waals surface area (Å²) in [6.45, 7) is 0.769. The lowest BCUT2D eigenvalue weighted by Gasteiger charge is -2.18. The molecule has 3 atom stereocenters. The highest BCUT2D eigenvalue weighted by Gasteiger charge is 2.45. The molecule has 1 aromatic carbocycles. The fourth-order valence-corrected chi connectivity index (χ4v) is 4.73. The van der Waals surface area contributed by atoms with Crippen LogP contribution in [-0.2, 0) is 10.0 Å². The molecular weight excluding hydrogens is 269 g/mol. The molecule has 1 saturated carbocycles. The molecule has 0 aromatic heterocycles. The Kier molecular flexibility index (Phi) is 3.11. The Balaban J connectivity index is 1.87. The number of rotatable bonds is 2. The van der Waals surface area contributed by atoms with Crippen LogP contribution < -0.4 is 0 Å². The third-order valence-corrected chi connectivity index (χ3v) is 6.05. The van der Waals surface area contributed by atoms with Crippen molar-refractivity contribution in [2.45, 2.75) is 23.8 Å². The van der Waals surface area contributed by atoms with Crippen molar-refractivity contribution in [2.24, 2.45) is 11.8 Å². The lowest BCUT2D eigenvalue weighted by Crippen LogP contribution is -2.31. The van der Waals surface area contributed by atoms with E-state index in [-0.39, 0.29) is 16.7 Å². The van der Waals surface area contributed by atoms with E-state index in [9.17, 15) is 17.9 Å². The van der Waals surface area contributed by atoms with Crippen LogP contribution in [0.4, 0.5) is 4.39 Å². The van der Waals surface area contributed by atoms with Crippen molar-refractivity contribution < 1.29 is 17.9 Å². The van der Waals surface area contributed by atoms with E-state index < -0.39 is 21.9 Å². The molecule has 0 spiro atoms. The highest BCUT2D eigenvalue weighted by Crippen LogP contribution is 2.40. The van der Waals surface area contributed by atoms with Crippen LogP contribution in [0.2, 0.25) is 0 Å². The molecule has 3 unspecified atom stereocenters. The van der Waals surface area contributed by atoms with E-state index in [1.54, 1.807) is 0 Å². The maximum atomic E-state index is 13.2. The largest absolute Gasteiger partial charge is 0.393 e. The molecule has 19 heavy (non-hydrogen) atoms. The predicted molar refractivity (Wildman–Crippen MR) is 67.4 cm³/mol. The molecular formula is C13H16FNO3S. The Hall–Kier alpha value is -0.980. The van der Waals surface area contributed by atoms with Gasteiger partial charge in [-0.25, -0.2) is 12.8 Å². The fraction of sp³-hybridized carbons (Fsp3) is 0.538. The summed E-state index contributed by atoms with van der Waals surface area (Å²) in [5.74, 6) is -0.290. The van der Waals surface area contributed by atoms with E-state index in [4.69, 9.17) is 0 Å². The molecule has 104 valence electrons. The standard InChI is InChI=1S/C13H16FNO3S/c14-10-2-1-3-11(6-10)19(17,18)15-7-9-4-5-13(16)12(9)8-15/h1-3,6,9,12-13,16H,4-5,7-8H2. The first kappa shape index (κ1) is 13.0. The maximum absolute atomic E-state index is 13.2.